The van der Waals surface area contributed by atoms with Crippen LogP contribution < -0.4 is 5.73 Å². The van der Waals surface area contributed by atoms with Gasteiger partial charge in [0.05, 0.1) is 0 Å². The molecule has 0 atom stereocenters. The number of hydrogen-bond acceptors (Lipinski definition) is 4. The average molecular weight is 241 g/mol. The summed E-state index contributed by atoms with van der Waals surface area (Å²) in [5.74, 6) is 0.270. The molecule has 1 rings (SSSR count). The zero-order valence-electron chi connectivity index (χ0n) is 10.1. The van der Waals surface area contributed by atoms with E-state index in [9.17, 15) is 4.79 Å². The van der Waals surface area contributed by atoms with Crippen molar-refractivity contribution in [3.63, 3.8) is 0 Å². The summed E-state index contributed by atoms with van der Waals surface area (Å²) in [6.07, 6.45) is 2.91. The van der Waals surface area contributed by atoms with E-state index in [2.05, 4.69) is 30.8 Å². The van der Waals surface area contributed by atoms with E-state index in [4.69, 9.17) is 5.73 Å². The molecular formula is C11H19N3OS. The van der Waals surface area contributed by atoms with Gasteiger partial charge in [0.1, 0.15) is 0 Å². The van der Waals surface area contributed by atoms with E-state index < -0.39 is 5.91 Å². The van der Waals surface area contributed by atoms with Crippen molar-refractivity contribution < 1.29 is 4.79 Å². The highest BCUT2D eigenvalue weighted by molar-refractivity contribution is 7.13. The fourth-order valence-corrected chi connectivity index (χ4v) is 2.16. The van der Waals surface area contributed by atoms with Crippen LogP contribution in [0.3, 0.4) is 0 Å². The zero-order chi connectivity index (χ0) is 12.1. The Morgan fingerprint density at radius 1 is 1.62 bits per heavy atom. The Hall–Kier alpha value is -0.940. The number of carbonyl (C=O) groups is 1. The molecule has 1 amide bonds. The number of nitrogens with zero attached hydrogens (tertiary/aromatic N) is 2. The Morgan fingerprint density at radius 2 is 2.31 bits per heavy atom. The highest BCUT2D eigenvalue weighted by Gasteiger charge is 2.09. The SMILES string of the molecule is CC(C)CCN(C)Cc1cnc(C(N)=O)s1. The minimum Gasteiger partial charge on any atom is -0.364 e. The first-order chi connectivity index (χ1) is 7.49. The second-order valence-electron chi connectivity index (χ2n) is 4.42. The van der Waals surface area contributed by atoms with Gasteiger partial charge in [0.25, 0.3) is 5.91 Å². The molecule has 0 spiro atoms. The summed E-state index contributed by atoms with van der Waals surface area (Å²) in [6.45, 7) is 6.32. The smallest absolute Gasteiger partial charge is 0.277 e. The second-order valence-corrected chi connectivity index (χ2v) is 5.53. The van der Waals surface area contributed by atoms with Crippen molar-refractivity contribution in [1.29, 1.82) is 0 Å². The topological polar surface area (TPSA) is 59.2 Å². The summed E-state index contributed by atoms with van der Waals surface area (Å²) < 4.78 is 0. The van der Waals surface area contributed by atoms with Gasteiger partial charge in [0.2, 0.25) is 0 Å². The van der Waals surface area contributed by atoms with Gasteiger partial charge >= 0.3 is 0 Å². The third kappa shape index (κ3) is 4.28. The molecule has 0 radical (unpaired) electrons. The van der Waals surface area contributed by atoms with Crippen molar-refractivity contribution in [3.05, 3.63) is 16.1 Å². The Balaban J connectivity index is 2.43. The van der Waals surface area contributed by atoms with Crippen LogP contribution in [0.5, 0.6) is 0 Å². The van der Waals surface area contributed by atoms with Gasteiger partial charge in [-0.3, -0.25) is 4.79 Å². The zero-order valence-corrected chi connectivity index (χ0v) is 10.9. The van der Waals surface area contributed by atoms with E-state index in [1.165, 1.54) is 17.8 Å². The third-order valence-electron chi connectivity index (χ3n) is 2.28. The van der Waals surface area contributed by atoms with Crippen LogP contribution in [0.15, 0.2) is 6.20 Å². The molecular weight excluding hydrogens is 222 g/mol. The van der Waals surface area contributed by atoms with Gasteiger partial charge in [-0.25, -0.2) is 4.98 Å². The van der Waals surface area contributed by atoms with E-state index in [1.807, 2.05) is 0 Å². The molecule has 0 aliphatic heterocycles. The van der Waals surface area contributed by atoms with Crippen molar-refractivity contribution in [2.75, 3.05) is 13.6 Å². The van der Waals surface area contributed by atoms with Gasteiger partial charge in [-0.15, -0.1) is 11.3 Å². The van der Waals surface area contributed by atoms with Gasteiger partial charge in [0, 0.05) is 17.6 Å². The summed E-state index contributed by atoms with van der Waals surface area (Å²) in [4.78, 5) is 18.2. The molecule has 16 heavy (non-hydrogen) atoms. The van der Waals surface area contributed by atoms with Gasteiger partial charge in [-0.05, 0) is 25.9 Å². The van der Waals surface area contributed by atoms with Crippen LogP contribution >= 0.6 is 11.3 Å². The molecule has 4 nitrogen and oxygen atoms in total. The van der Waals surface area contributed by atoms with Crippen molar-refractivity contribution in [1.82, 2.24) is 9.88 Å². The first-order valence-corrected chi connectivity index (χ1v) is 6.23. The number of rotatable bonds is 6. The largest absolute Gasteiger partial charge is 0.364 e. The number of hydrogen-bond donors (Lipinski definition) is 1. The Labute approximate surface area is 100 Å². The maximum atomic E-state index is 10.9. The first-order valence-electron chi connectivity index (χ1n) is 5.42. The Kier molecular flexibility index (Phi) is 4.89. The summed E-state index contributed by atoms with van der Waals surface area (Å²) in [6, 6.07) is 0. The number of carbonyl (C=O) groups excluding carboxylic acids is 1. The molecule has 0 fully saturated rings. The minimum absolute atomic E-state index is 0.396. The fourth-order valence-electron chi connectivity index (χ4n) is 1.32. The summed E-state index contributed by atoms with van der Waals surface area (Å²) in [7, 11) is 2.08. The lowest BCUT2D eigenvalue weighted by atomic mass is 10.1. The lowest BCUT2D eigenvalue weighted by molar-refractivity contribution is 0.1000. The first kappa shape index (κ1) is 13.1. The Morgan fingerprint density at radius 3 is 2.81 bits per heavy atom. The molecule has 1 aromatic heterocycles. The number of aromatic nitrogens is 1. The van der Waals surface area contributed by atoms with Gasteiger partial charge in [0.15, 0.2) is 5.01 Å². The van der Waals surface area contributed by atoms with Crippen LogP contribution in [0.2, 0.25) is 0 Å². The summed E-state index contributed by atoms with van der Waals surface area (Å²) >= 11 is 1.38. The summed E-state index contributed by atoms with van der Waals surface area (Å²) in [5, 5.41) is 0.396. The van der Waals surface area contributed by atoms with E-state index in [-0.39, 0.29) is 0 Å². The third-order valence-corrected chi connectivity index (χ3v) is 3.27. The molecule has 5 heteroatoms. The molecule has 0 saturated heterocycles. The lowest BCUT2D eigenvalue weighted by Gasteiger charge is -2.16. The van der Waals surface area contributed by atoms with Crippen molar-refractivity contribution in [3.8, 4) is 0 Å². The van der Waals surface area contributed by atoms with E-state index in [0.29, 0.717) is 10.9 Å². The molecule has 0 aliphatic carbocycles. The van der Waals surface area contributed by atoms with Crippen LogP contribution in [-0.4, -0.2) is 29.4 Å². The predicted octanol–water partition coefficient (Wildman–Crippen LogP) is 1.72. The fraction of sp³-hybridized carbons (Fsp3) is 0.636. The van der Waals surface area contributed by atoms with Crippen LogP contribution in [0.25, 0.3) is 0 Å². The number of thiazole rings is 1. The highest BCUT2D eigenvalue weighted by atomic mass is 32.1. The highest BCUT2D eigenvalue weighted by Crippen LogP contribution is 2.14. The van der Waals surface area contributed by atoms with Crippen molar-refractivity contribution in [2.24, 2.45) is 11.7 Å². The molecule has 1 heterocycles. The van der Waals surface area contributed by atoms with Crippen LogP contribution in [0, 0.1) is 5.92 Å². The van der Waals surface area contributed by atoms with E-state index in [1.54, 1.807) is 6.20 Å². The number of nitrogens with two attached hydrogens (primary N) is 1. The van der Waals surface area contributed by atoms with Gasteiger partial charge < -0.3 is 10.6 Å². The van der Waals surface area contributed by atoms with Gasteiger partial charge in [-0.2, -0.15) is 0 Å². The number of amides is 1. The molecule has 1 aromatic rings. The van der Waals surface area contributed by atoms with Crippen LogP contribution in [-0.2, 0) is 6.54 Å². The minimum atomic E-state index is -0.443. The molecule has 0 unspecified atom stereocenters. The number of primary amides is 1. The van der Waals surface area contributed by atoms with E-state index >= 15 is 0 Å². The van der Waals surface area contributed by atoms with Crippen molar-refractivity contribution in [2.45, 2.75) is 26.8 Å². The standard InChI is InChI=1S/C11H19N3OS/c1-8(2)4-5-14(3)7-9-6-13-11(16-9)10(12)15/h6,8H,4-5,7H2,1-3H3,(H2,12,15). The lowest BCUT2D eigenvalue weighted by Crippen LogP contribution is -2.19. The van der Waals surface area contributed by atoms with Crippen molar-refractivity contribution >= 4 is 17.2 Å². The van der Waals surface area contributed by atoms with Crippen LogP contribution in [0.1, 0.15) is 34.9 Å². The normalized spacial score (nSPS) is 11.3. The molecule has 0 aliphatic rings. The van der Waals surface area contributed by atoms with Crippen LogP contribution in [0.4, 0.5) is 0 Å². The molecule has 0 bridgehead atoms. The molecule has 2 N–H and O–H groups in total. The Bertz CT molecular complexity index is 349. The van der Waals surface area contributed by atoms with Gasteiger partial charge in [-0.1, -0.05) is 13.8 Å². The molecule has 0 aromatic carbocycles. The predicted molar refractivity (Wildman–Crippen MR) is 66.4 cm³/mol. The molecule has 90 valence electrons. The maximum absolute atomic E-state index is 10.9. The second kappa shape index (κ2) is 5.96. The maximum Gasteiger partial charge on any atom is 0.277 e. The monoisotopic (exact) mass is 241 g/mol. The van der Waals surface area contributed by atoms with E-state index in [0.717, 1.165) is 18.0 Å². The quantitative estimate of drug-likeness (QED) is 0.825. The summed E-state index contributed by atoms with van der Waals surface area (Å²) in [5.41, 5.74) is 5.15. The molecule has 0 saturated carbocycles. The average Bonchev–Trinajstić information content (AvgIpc) is 2.63.